The van der Waals surface area contributed by atoms with Crippen LogP contribution in [-0.4, -0.2) is 43.1 Å². The first-order valence-corrected chi connectivity index (χ1v) is 13.3. The van der Waals surface area contributed by atoms with Crippen LogP contribution in [0.1, 0.15) is 43.0 Å². The van der Waals surface area contributed by atoms with Gasteiger partial charge in [0.1, 0.15) is 12.2 Å². The molecule has 2 saturated carbocycles. The van der Waals surface area contributed by atoms with Gasteiger partial charge in [0.05, 0.1) is 21.4 Å². The van der Waals surface area contributed by atoms with E-state index in [9.17, 15) is 31.5 Å². The minimum atomic E-state index is -4.02. The Morgan fingerprint density at radius 2 is 1.81 bits per heavy atom. The SMILES string of the molecule is CCO/N=C/[C@]1(O)CC2CC[C@@H](C1)[C@H]2S(=O)(=O)c1cc(C(=O)Nc2cc(F)c(F)c(F)c2)ccc1Cl. The van der Waals surface area contributed by atoms with Crippen molar-refractivity contribution in [3.05, 3.63) is 58.4 Å². The van der Waals surface area contributed by atoms with Crippen molar-refractivity contribution in [2.24, 2.45) is 17.0 Å². The predicted molar refractivity (Wildman–Crippen MR) is 127 cm³/mol. The number of rotatable bonds is 7. The molecule has 7 nitrogen and oxygen atoms in total. The van der Waals surface area contributed by atoms with Gasteiger partial charge in [0.15, 0.2) is 27.3 Å². The van der Waals surface area contributed by atoms with Crippen LogP contribution in [0.5, 0.6) is 0 Å². The zero-order valence-corrected chi connectivity index (χ0v) is 20.8. The maximum atomic E-state index is 13.7. The van der Waals surface area contributed by atoms with Crippen LogP contribution in [0.2, 0.25) is 5.02 Å². The van der Waals surface area contributed by atoms with Crippen molar-refractivity contribution < 1.29 is 36.3 Å². The molecule has 2 aromatic rings. The molecule has 194 valence electrons. The molecule has 0 radical (unpaired) electrons. The number of hydrogen-bond acceptors (Lipinski definition) is 6. The van der Waals surface area contributed by atoms with Crippen LogP contribution < -0.4 is 5.32 Å². The predicted octanol–water partition coefficient (Wildman–Crippen LogP) is 4.73. The molecule has 2 bridgehead atoms. The standard InChI is InChI=1S/C24H24ClF3N2O5S/c1-2-35-29-12-24(32)10-14-3-4-15(11-24)22(14)36(33,34)20-7-13(5-6-17(20)25)23(31)30-16-8-18(26)21(28)19(27)9-16/h5-9,12,14-15,22,32H,2-4,10-11H2,1H3,(H,30,31)/b29-12+/t14-,15?,22+,24+/m0/s1. The number of aliphatic hydroxyl groups is 1. The molecule has 2 N–H and O–H groups in total. The van der Waals surface area contributed by atoms with Gasteiger partial charge in [-0.25, -0.2) is 21.6 Å². The lowest BCUT2D eigenvalue weighted by Gasteiger charge is -2.38. The summed E-state index contributed by atoms with van der Waals surface area (Å²) < 4.78 is 67.6. The summed E-state index contributed by atoms with van der Waals surface area (Å²) in [5.41, 5.74) is -1.74. The number of anilines is 1. The van der Waals surface area contributed by atoms with Crippen molar-refractivity contribution in [3.8, 4) is 0 Å². The average molecular weight is 545 g/mol. The fraction of sp³-hybridized carbons (Fsp3) is 0.417. The lowest BCUT2D eigenvalue weighted by Crippen LogP contribution is -2.47. The van der Waals surface area contributed by atoms with Crippen LogP contribution in [0.25, 0.3) is 0 Å². The van der Waals surface area contributed by atoms with Gasteiger partial charge in [-0.3, -0.25) is 4.79 Å². The molecular weight excluding hydrogens is 521 g/mol. The first-order valence-electron chi connectivity index (χ1n) is 11.3. The highest BCUT2D eigenvalue weighted by Gasteiger charge is 2.54. The van der Waals surface area contributed by atoms with Gasteiger partial charge in [0, 0.05) is 23.4 Å². The lowest BCUT2D eigenvalue weighted by molar-refractivity contribution is 0.0426. The van der Waals surface area contributed by atoms with Crippen molar-refractivity contribution in [1.29, 1.82) is 0 Å². The third-order valence-electron chi connectivity index (χ3n) is 6.67. The number of fused-ring (bicyclic) bond motifs is 2. The molecule has 0 saturated heterocycles. The van der Waals surface area contributed by atoms with Crippen LogP contribution in [-0.2, 0) is 14.7 Å². The third kappa shape index (κ3) is 5.09. The number of hydrogen-bond donors (Lipinski definition) is 2. The monoisotopic (exact) mass is 544 g/mol. The molecule has 0 heterocycles. The van der Waals surface area contributed by atoms with Crippen LogP contribution in [0.15, 0.2) is 40.4 Å². The lowest BCUT2D eigenvalue weighted by atomic mass is 9.78. The summed E-state index contributed by atoms with van der Waals surface area (Å²) in [5, 5.41) is 16.0. The van der Waals surface area contributed by atoms with Crippen LogP contribution in [0.4, 0.5) is 18.9 Å². The molecule has 2 aromatic carbocycles. The highest BCUT2D eigenvalue weighted by atomic mass is 35.5. The fourth-order valence-electron chi connectivity index (χ4n) is 5.23. The third-order valence-corrected chi connectivity index (χ3v) is 9.54. The van der Waals surface area contributed by atoms with E-state index in [1.54, 1.807) is 6.92 Å². The molecule has 0 spiro atoms. The van der Waals surface area contributed by atoms with Crippen molar-refractivity contribution in [2.75, 3.05) is 11.9 Å². The van der Waals surface area contributed by atoms with Crippen LogP contribution in [0, 0.1) is 29.3 Å². The van der Waals surface area contributed by atoms with Gasteiger partial charge in [0.25, 0.3) is 5.91 Å². The number of sulfone groups is 1. The number of amides is 1. The largest absolute Gasteiger partial charge is 0.396 e. The molecule has 36 heavy (non-hydrogen) atoms. The molecule has 4 atom stereocenters. The summed E-state index contributed by atoms with van der Waals surface area (Å²) >= 11 is 6.24. The molecule has 1 unspecified atom stereocenters. The van der Waals surface area contributed by atoms with Gasteiger partial charge >= 0.3 is 0 Å². The van der Waals surface area contributed by atoms with Gasteiger partial charge in [-0.1, -0.05) is 16.8 Å². The maximum Gasteiger partial charge on any atom is 0.255 e. The second-order valence-electron chi connectivity index (χ2n) is 9.12. The fourth-order valence-corrected chi connectivity index (χ4v) is 8.07. The average Bonchev–Trinajstić information content (AvgIpc) is 3.11. The Labute approximate surface area is 211 Å². The van der Waals surface area contributed by atoms with Crippen molar-refractivity contribution in [2.45, 2.75) is 48.4 Å². The summed E-state index contributed by atoms with van der Waals surface area (Å²) in [5.74, 6) is -6.21. The Kier molecular flexibility index (Phi) is 7.36. The molecule has 0 aromatic heterocycles. The zero-order chi connectivity index (χ0) is 26.3. The smallest absolute Gasteiger partial charge is 0.255 e. The highest BCUT2D eigenvalue weighted by molar-refractivity contribution is 7.92. The molecule has 2 fully saturated rings. The number of nitrogens with one attached hydrogen (secondary N) is 1. The summed E-state index contributed by atoms with van der Waals surface area (Å²) in [6.07, 6.45) is 2.88. The number of nitrogens with zero attached hydrogens (tertiary/aromatic N) is 1. The molecule has 2 aliphatic carbocycles. The zero-order valence-electron chi connectivity index (χ0n) is 19.2. The normalized spacial score (nSPS) is 25.8. The molecule has 4 rings (SSSR count). The first-order chi connectivity index (χ1) is 16.9. The highest BCUT2D eigenvalue weighted by Crippen LogP contribution is 2.51. The minimum Gasteiger partial charge on any atom is -0.396 e. The Hall–Kier alpha value is -2.63. The second kappa shape index (κ2) is 10.0. The van der Waals surface area contributed by atoms with E-state index in [1.165, 1.54) is 18.3 Å². The van der Waals surface area contributed by atoms with E-state index in [0.29, 0.717) is 31.6 Å². The van der Waals surface area contributed by atoms with Gasteiger partial charge in [-0.05, 0) is 62.6 Å². The Morgan fingerprint density at radius 3 is 2.39 bits per heavy atom. The molecule has 12 heteroatoms. The van der Waals surface area contributed by atoms with Crippen molar-refractivity contribution >= 4 is 39.2 Å². The topological polar surface area (TPSA) is 105 Å². The number of carbonyl (C=O) groups is 1. The molecule has 2 aliphatic rings. The summed E-state index contributed by atoms with van der Waals surface area (Å²) in [6, 6.07) is 4.86. The second-order valence-corrected chi connectivity index (χ2v) is 11.6. The first kappa shape index (κ1) is 26.4. The van der Waals surface area contributed by atoms with E-state index in [1.807, 2.05) is 0 Å². The van der Waals surface area contributed by atoms with Crippen LogP contribution >= 0.6 is 11.6 Å². The summed E-state index contributed by atoms with van der Waals surface area (Å²) in [6.45, 7) is 2.09. The number of oxime groups is 1. The van der Waals surface area contributed by atoms with E-state index < -0.39 is 44.0 Å². The van der Waals surface area contributed by atoms with E-state index >= 15 is 0 Å². The van der Waals surface area contributed by atoms with Crippen molar-refractivity contribution in [3.63, 3.8) is 0 Å². The summed E-state index contributed by atoms with van der Waals surface area (Å²) in [7, 11) is -4.02. The summed E-state index contributed by atoms with van der Waals surface area (Å²) in [4.78, 5) is 17.4. The molecule has 0 aliphatic heterocycles. The van der Waals surface area contributed by atoms with Gasteiger partial charge < -0.3 is 15.3 Å². The van der Waals surface area contributed by atoms with Gasteiger partial charge in [-0.15, -0.1) is 0 Å². The number of carbonyl (C=O) groups excluding carboxylic acids is 1. The quantitative estimate of drug-likeness (QED) is 0.298. The van der Waals surface area contributed by atoms with E-state index in [2.05, 4.69) is 10.5 Å². The number of halogens is 4. The Morgan fingerprint density at radius 1 is 1.19 bits per heavy atom. The van der Waals surface area contributed by atoms with Gasteiger partial charge in [0.2, 0.25) is 0 Å². The van der Waals surface area contributed by atoms with E-state index in [-0.39, 0.29) is 45.8 Å². The molecule has 1 amide bonds. The Balaban J connectivity index is 1.59. The Bertz CT molecular complexity index is 1280. The minimum absolute atomic E-state index is 0.0800. The maximum absolute atomic E-state index is 13.7. The van der Waals surface area contributed by atoms with E-state index in [0.717, 1.165) is 6.07 Å². The molecular formula is C24H24ClF3N2O5S. The van der Waals surface area contributed by atoms with Crippen LogP contribution in [0.3, 0.4) is 0 Å². The van der Waals surface area contributed by atoms with E-state index in [4.69, 9.17) is 16.4 Å². The number of benzene rings is 2. The van der Waals surface area contributed by atoms with Gasteiger partial charge in [-0.2, -0.15) is 0 Å². The van der Waals surface area contributed by atoms with Crippen molar-refractivity contribution in [1.82, 2.24) is 0 Å².